The first-order valence-electron chi connectivity index (χ1n) is 7.09. The summed E-state index contributed by atoms with van der Waals surface area (Å²) in [6.45, 7) is 2.77. The van der Waals surface area contributed by atoms with Gasteiger partial charge in [-0.2, -0.15) is 0 Å². The monoisotopic (exact) mass is 284 g/mol. The van der Waals surface area contributed by atoms with Crippen molar-refractivity contribution in [3.05, 3.63) is 54.2 Å². The highest BCUT2D eigenvalue weighted by molar-refractivity contribution is 5.56. The number of aromatic nitrogens is 2. The lowest BCUT2D eigenvalue weighted by molar-refractivity contribution is 0.563. The van der Waals surface area contributed by atoms with E-state index in [1.54, 1.807) is 12.5 Å². The largest absolute Gasteiger partial charge is 0.472 e. The van der Waals surface area contributed by atoms with Crippen molar-refractivity contribution in [1.29, 1.82) is 0 Å². The third-order valence-corrected chi connectivity index (χ3v) is 3.48. The molecule has 3 rings (SSSR count). The van der Waals surface area contributed by atoms with E-state index >= 15 is 0 Å². The average molecular weight is 284 g/mol. The Bertz CT molecular complexity index is 715. The maximum atomic E-state index is 6.01. The van der Waals surface area contributed by atoms with Crippen LogP contribution in [0.5, 0.6) is 0 Å². The van der Waals surface area contributed by atoms with Gasteiger partial charge in [0.25, 0.3) is 0 Å². The van der Waals surface area contributed by atoms with E-state index in [0.29, 0.717) is 0 Å². The Balaban J connectivity index is 1.99. The Morgan fingerprint density at radius 2 is 2.24 bits per heavy atom. The van der Waals surface area contributed by atoms with Crippen LogP contribution in [0.4, 0.5) is 5.82 Å². The molecule has 0 aliphatic carbocycles. The van der Waals surface area contributed by atoms with Crippen LogP contribution in [-0.4, -0.2) is 22.5 Å². The molecule has 0 saturated carbocycles. The van der Waals surface area contributed by atoms with Crippen LogP contribution in [0, 0.1) is 0 Å². The van der Waals surface area contributed by atoms with Gasteiger partial charge in [0.15, 0.2) is 5.82 Å². The summed E-state index contributed by atoms with van der Waals surface area (Å²) in [7, 11) is 2.04. The van der Waals surface area contributed by atoms with Crippen molar-refractivity contribution in [2.75, 3.05) is 11.9 Å². The Kier molecular flexibility index (Phi) is 3.66. The van der Waals surface area contributed by atoms with Crippen LogP contribution in [0.25, 0.3) is 5.65 Å². The lowest BCUT2D eigenvalue weighted by atomic mass is 10.2. The molecular formula is C16H20N4O. The van der Waals surface area contributed by atoms with E-state index in [4.69, 9.17) is 15.1 Å². The fourth-order valence-electron chi connectivity index (χ4n) is 2.57. The molecule has 5 nitrogen and oxygen atoms in total. The summed E-state index contributed by atoms with van der Waals surface area (Å²) in [6.07, 6.45) is 6.28. The van der Waals surface area contributed by atoms with Crippen LogP contribution in [0.2, 0.25) is 0 Å². The molecule has 3 aromatic heterocycles. The van der Waals surface area contributed by atoms with Gasteiger partial charge in [0, 0.05) is 37.8 Å². The van der Waals surface area contributed by atoms with Crippen molar-refractivity contribution in [2.24, 2.45) is 5.73 Å². The van der Waals surface area contributed by atoms with E-state index in [1.165, 1.54) is 0 Å². The fourth-order valence-corrected chi connectivity index (χ4v) is 2.57. The molecule has 0 aliphatic heterocycles. The summed E-state index contributed by atoms with van der Waals surface area (Å²) in [5.74, 6) is 0.972. The minimum Gasteiger partial charge on any atom is -0.472 e. The second-order valence-corrected chi connectivity index (χ2v) is 5.48. The van der Waals surface area contributed by atoms with E-state index in [-0.39, 0.29) is 6.04 Å². The van der Waals surface area contributed by atoms with Crippen LogP contribution >= 0.6 is 0 Å². The molecule has 0 fully saturated rings. The average Bonchev–Trinajstić information content (AvgIpc) is 3.07. The molecule has 1 unspecified atom stereocenters. The van der Waals surface area contributed by atoms with Crippen molar-refractivity contribution in [3.8, 4) is 0 Å². The van der Waals surface area contributed by atoms with Crippen molar-refractivity contribution in [2.45, 2.75) is 25.9 Å². The second kappa shape index (κ2) is 5.61. The first-order valence-corrected chi connectivity index (χ1v) is 7.09. The quantitative estimate of drug-likeness (QED) is 0.782. The number of nitrogens with two attached hydrogens (primary N) is 1. The standard InChI is InChI=1S/C16H20N4O/c1-12(17)9-14-16(18-15-5-3-4-7-20(14)15)19(2)10-13-6-8-21-11-13/h3-8,11-12H,9-10,17H2,1-2H3. The minimum atomic E-state index is 0.0891. The Morgan fingerprint density at radius 3 is 2.95 bits per heavy atom. The molecule has 110 valence electrons. The number of pyridine rings is 1. The summed E-state index contributed by atoms with van der Waals surface area (Å²) >= 11 is 0. The second-order valence-electron chi connectivity index (χ2n) is 5.48. The molecule has 0 saturated heterocycles. The van der Waals surface area contributed by atoms with Crippen LogP contribution in [0.1, 0.15) is 18.2 Å². The molecule has 1 atom stereocenters. The van der Waals surface area contributed by atoms with Crippen LogP contribution in [0.15, 0.2) is 47.4 Å². The SMILES string of the molecule is CC(N)Cc1c(N(C)Cc2ccoc2)nc2ccccn12. The van der Waals surface area contributed by atoms with Crippen molar-refractivity contribution in [3.63, 3.8) is 0 Å². The Hall–Kier alpha value is -2.27. The van der Waals surface area contributed by atoms with Gasteiger partial charge in [-0.1, -0.05) is 6.07 Å². The summed E-state index contributed by atoms with van der Waals surface area (Å²) in [5.41, 5.74) is 9.22. The number of anilines is 1. The summed E-state index contributed by atoms with van der Waals surface area (Å²) < 4.78 is 7.25. The van der Waals surface area contributed by atoms with Crippen LogP contribution in [0.3, 0.4) is 0 Å². The van der Waals surface area contributed by atoms with Gasteiger partial charge in [-0.05, 0) is 25.1 Å². The highest BCUT2D eigenvalue weighted by atomic mass is 16.3. The van der Waals surface area contributed by atoms with Gasteiger partial charge in [-0.25, -0.2) is 4.98 Å². The number of nitrogens with zero attached hydrogens (tertiary/aromatic N) is 3. The fraction of sp³-hybridized carbons (Fsp3) is 0.312. The van der Waals surface area contributed by atoms with E-state index in [2.05, 4.69) is 9.30 Å². The van der Waals surface area contributed by atoms with Crippen molar-refractivity contribution in [1.82, 2.24) is 9.38 Å². The topological polar surface area (TPSA) is 59.7 Å². The number of hydrogen-bond acceptors (Lipinski definition) is 4. The van der Waals surface area contributed by atoms with Gasteiger partial charge < -0.3 is 19.5 Å². The van der Waals surface area contributed by atoms with Gasteiger partial charge >= 0.3 is 0 Å². The molecule has 0 amide bonds. The predicted octanol–water partition coefficient (Wildman–Crippen LogP) is 2.45. The number of imidazole rings is 1. The lowest BCUT2D eigenvalue weighted by Crippen LogP contribution is -2.23. The van der Waals surface area contributed by atoms with E-state index in [1.807, 2.05) is 44.4 Å². The number of furan rings is 1. The molecule has 0 spiro atoms. The zero-order valence-corrected chi connectivity index (χ0v) is 12.4. The minimum absolute atomic E-state index is 0.0891. The molecule has 0 aromatic carbocycles. The molecule has 0 bridgehead atoms. The normalized spacial score (nSPS) is 12.7. The molecule has 0 aliphatic rings. The van der Waals surface area contributed by atoms with E-state index < -0.39 is 0 Å². The van der Waals surface area contributed by atoms with Gasteiger partial charge in [0.05, 0.1) is 18.2 Å². The number of hydrogen-bond donors (Lipinski definition) is 1. The van der Waals surface area contributed by atoms with Gasteiger partial charge in [0.1, 0.15) is 5.65 Å². The maximum absolute atomic E-state index is 6.01. The zero-order chi connectivity index (χ0) is 14.8. The highest BCUT2D eigenvalue weighted by Crippen LogP contribution is 2.23. The summed E-state index contributed by atoms with van der Waals surface area (Å²) in [6, 6.07) is 8.08. The van der Waals surface area contributed by atoms with Crippen LogP contribution in [-0.2, 0) is 13.0 Å². The zero-order valence-electron chi connectivity index (χ0n) is 12.4. The highest BCUT2D eigenvalue weighted by Gasteiger charge is 2.17. The lowest BCUT2D eigenvalue weighted by Gasteiger charge is -2.18. The summed E-state index contributed by atoms with van der Waals surface area (Å²) in [5, 5.41) is 0. The molecule has 3 aromatic rings. The van der Waals surface area contributed by atoms with Gasteiger partial charge in [0.2, 0.25) is 0 Å². The van der Waals surface area contributed by atoms with E-state index in [0.717, 1.165) is 35.7 Å². The van der Waals surface area contributed by atoms with Gasteiger partial charge in [-0.15, -0.1) is 0 Å². The maximum Gasteiger partial charge on any atom is 0.151 e. The molecular weight excluding hydrogens is 264 g/mol. The first kappa shape index (κ1) is 13.7. The van der Waals surface area contributed by atoms with Crippen molar-refractivity contribution >= 4 is 11.5 Å². The van der Waals surface area contributed by atoms with Crippen LogP contribution < -0.4 is 10.6 Å². The summed E-state index contributed by atoms with van der Waals surface area (Å²) in [4.78, 5) is 6.88. The Morgan fingerprint density at radius 1 is 1.38 bits per heavy atom. The smallest absolute Gasteiger partial charge is 0.151 e. The molecule has 0 radical (unpaired) electrons. The molecule has 21 heavy (non-hydrogen) atoms. The van der Waals surface area contributed by atoms with E-state index in [9.17, 15) is 0 Å². The predicted molar refractivity (Wildman–Crippen MR) is 83.4 cm³/mol. The molecule has 3 heterocycles. The molecule has 2 N–H and O–H groups in total. The number of rotatable bonds is 5. The number of fused-ring (bicyclic) bond motifs is 1. The third-order valence-electron chi connectivity index (χ3n) is 3.48. The molecule has 5 heteroatoms. The van der Waals surface area contributed by atoms with Gasteiger partial charge in [-0.3, -0.25) is 0 Å². The Labute approximate surface area is 124 Å². The third kappa shape index (κ3) is 2.78. The van der Waals surface area contributed by atoms with Crippen molar-refractivity contribution < 1.29 is 4.42 Å². The first-order chi connectivity index (χ1) is 10.1.